The molecule has 5 heteroatoms. The number of rotatable bonds is 6. The van der Waals surface area contributed by atoms with Crippen LogP contribution in [-0.2, 0) is 9.98 Å². The first-order chi connectivity index (χ1) is 35.6. The van der Waals surface area contributed by atoms with Gasteiger partial charge in [0.1, 0.15) is 0 Å². The monoisotopic (exact) mass is 937 g/mol. The molecule has 0 bridgehead atoms. The Bertz CT molecular complexity index is 4370. The first kappa shape index (κ1) is 40.9. The molecule has 2 atom stereocenters. The highest BCUT2D eigenvalue weighted by Crippen LogP contribution is 2.61. The van der Waals surface area contributed by atoms with Gasteiger partial charge in [-0.25, -0.2) is 0 Å². The van der Waals surface area contributed by atoms with Crippen LogP contribution in [0.1, 0.15) is 22.3 Å². The van der Waals surface area contributed by atoms with Gasteiger partial charge in [0.25, 0.3) is 0 Å². The maximum Gasteiger partial charge on any atom is 0.171 e. The average molecular weight is 938 g/mol. The van der Waals surface area contributed by atoms with E-state index in [1.54, 1.807) is 0 Å². The minimum absolute atomic E-state index is 0.812. The molecule has 2 unspecified atom stereocenters. The molecule has 2 aromatic heterocycles. The van der Waals surface area contributed by atoms with Crippen LogP contribution in [0.4, 0.5) is 17.1 Å². The van der Waals surface area contributed by atoms with Gasteiger partial charge in [0.2, 0.25) is 0 Å². The van der Waals surface area contributed by atoms with Gasteiger partial charge in [-0.1, -0.05) is 194 Å². The van der Waals surface area contributed by atoms with E-state index in [1.807, 2.05) is 18.2 Å². The van der Waals surface area contributed by atoms with Gasteiger partial charge in [-0.3, -0.25) is 0 Å². The minimum Gasteiger partial charge on any atom is -0.310 e. The van der Waals surface area contributed by atoms with E-state index < -0.39 is 12.6 Å². The summed E-state index contributed by atoms with van der Waals surface area (Å²) < 4.78 is 22.2. The van der Waals surface area contributed by atoms with Gasteiger partial charge >= 0.3 is 0 Å². The molecule has 338 valence electrons. The molecule has 0 fully saturated rings. The van der Waals surface area contributed by atoms with Crippen LogP contribution in [0.15, 0.2) is 267 Å². The molecule has 0 aliphatic carbocycles. The molecule has 4 nitrogen and oxygen atoms in total. The SMILES string of the molecule is O=P1(c2ccccc2)c2ccccc2C2(c3ccccc3-n3c4ccccc4c4cccc2c43)c2ccc(N(c3ccc(-c4ccccc4)cc3)c3ccc4c(c3)c3ccccc3n4-c3ccccc3)cc21. The van der Waals surface area contributed by atoms with E-state index in [1.165, 1.54) is 38.3 Å². The van der Waals surface area contributed by atoms with E-state index in [2.05, 4.69) is 263 Å². The first-order valence-electron chi connectivity index (χ1n) is 24.7. The zero-order chi connectivity index (χ0) is 47.5. The number of benzene rings is 11. The number of aromatic nitrogens is 2. The summed E-state index contributed by atoms with van der Waals surface area (Å²) in [6, 6.07) is 95.8. The smallest absolute Gasteiger partial charge is 0.171 e. The van der Waals surface area contributed by atoms with E-state index in [4.69, 9.17) is 0 Å². The second-order valence-electron chi connectivity index (χ2n) is 19.1. The highest BCUT2D eigenvalue weighted by molar-refractivity contribution is 7.85. The Hall–Kier alpha value is -8.95. The number of hydrogen-bond donors (Lipinski definition) is 0. The Morgan fingerprint density at radius 2 is 0.875 bits per heavy atom. The molecule has 13 aromatic rings. The normalized spacial score (nSPS) is 16.5. The predicted octanol–water partition coefficient (Wildman–Crippen LogP) is 15.7. The van der Waals surface area contributed by atoms with E-state index >= 15 is 4.57 Å². The zero-order valence-corrected chi connectivity index (χ0v) is 40.0. The summed E-state index contributed by atoms with van der Waals surface area (Å²) in [5, 5.41) is 7.28. The summed E-state index contributed by atoms with van der Waals surface area (Å²) in [5.74, 6) is 0. The summed E-state index contributed by atoms with van der Waals surface area (Å²) in [6.07, 6.45) is 0. The van der Waals surface area contributed by atoms with E-state index in [9.17, 15) is 0 Å². The Morgan fingerprint density at radius 1 is 0.347 bits per heavy atom. The van der Waals surface area contributed by atoms with E-state index in [-0.39, 0.29) is 0 Å². The number of anilines is 3. The molecular formula is C67H44N3OP. The van der Waals surface area contributed by atoms with E-state index in [0.29, 0.717) is 0 Å². The van der Waals surface area contributed by atoms with Crippen LogP contribution in [-0.4, -0.2) is 9.13 Å². The summed E-state index contributed by atoms with van der Waals surface area (Å²) in [4.78, 5) is 2.36. The van der Waals surface area contributed by atoms with Gasteiger partial charge in [0.05, 0.1) is 33.2 Å². The van der Waals surface area contributed by atoms with Crippen molar-refractivity contribution >= 4 is 83.7 Å². The van der Waals surface area contributed by atoms with Crippen molar-refractivity contribution in [3.8, 4) is 22.5 Å². The van der Waals surface area contributed by atoms with Crippen molar-refractivity contribution in [1.82, 2.24) is 9.13 Å². The minimum atomic E-state index is -3.58. The Labute approximate surface area is 417 Å². The van der Waals surface area contributed by atoms with Gasteiger partial charge in [0, 0.05) is 60.2 Å². The average Bonchev–Trinajstić information content (AvgIpc) is 3.98. The maximum absolute atomic E-state index is 17.3. The standard InChI is InChI=1S/C67H44N3OP/c71-72(51-23-8-3-9-24-51)64-34-17-13-29-57(64)67(56-28-12-16-33-63(56)70-61-32-15-10-25-52(61)54-27-18-30-59(67)66(54)70)58-41-39-50(44-65(58)72)68(48-37-35-46(36-38-48)45-19-4-1-5-20-45)49-40-42-62-55(43-49)53-26-11-14-31-60(53)69(62)47-21-6-2-7-22-47/h1-44H. The van der Waals surface area contributed by atoms with Crippen molar-refractivity contribution in [2.75, 3.05) is 4.90 Å². The van der Waals surface area contributed by atoms with Crippen LogP contribution >= 0.6 is 7.14 Å². The molecule has 15 rings (SSSR count). The lowest BCUT2D eigenvalue weighted by atomic mass is 9.62. The summed E-state index contributed by atoms with van der Waals surface area (Å²) in [5.41, 5.74) is 15.7. The maximum atomic E-state index is 17.3. The zero-order valence-electron chi connectivity index (χ0n) is 39.1. The van der Waals surface area contributed by atoms with Crippen molar-refractivity contribution in [3.05, 3.63) is 289 Å². The second kappa shape index (κ2) is 15.5. The molecule has 0 amide bonds. The lowest BCUT2D eigenvalue weighted by Crippen LogP contribution is -2.48. The summed E-state index contributed by atoms with van der Waals surface area (Å²) in [7, 11) is -3.58. The third-order valence-electron chi connectivity index (χ3n) is 15.6. The largest absolute Gasteiger partial charge is 0.310 e. The molecule has 2 aliphatic heterocycles. The molecule has 0 saturated heterocycles. The van der Waals surface area contributed by atoms with Crippen molar-refractivity contribution in [2.45, 2.75) is 5.41 Å². The van der Waals surface area contributed by atoms with Crippen LogP contribution in [0.2, 0.25) is 0 Å². The first-order valence-corrected chi connectivity index (χ1v) is 26.4. The number of fused-ring (bicyclic) bond motifs is 14. The molecule has 4 heterocycles. The van der Waals surface area contributed by atoms with Gasteiger partial charge in [-0.2, -0.15) is 0 Å². The highest BCUT2D eigenvalue weighted by atomic mass is 31.2. The highest BCUT2D eigenvalue weighted by Gasteiger charge is 2.54. The Kier molecular flexibility index (Phi) is 8.82. The van der Waals surface area contributed by atoms with Crippen molar-refractivity contribution < 1.29 is 4.57 Å². The van der Waals surface area contributed by atoms with Crippen LogP contribution in [0.3, 0.4) is 0 Å². The lowest BCUT2D eigenvalue weighted by Gasteiger charge is -2.47. The third-order valence-corrected chi connectivity index (χ3v) is 18.7. The van der Waals surface area contributed by atoms with Crippen LogP contribution in [0.5, 0.6) is 0 Å². The lowest BCUT2D eigenvalue weighted by molar-refractivity contribution is 0.590. The van der Waals surface area contributed by atoms with Gasteiger partial charge in [0.15, 0.2) is 7.14 Å². The molecule has 72 heavy (non-hydrogen) atoms. The number of para-hydroxylation sites is 5. The topological polar surface area (TPSA) is 30.2 Å². The second-order valence-corrected chi connectivity index (χ2v) is 21.8. The van der Waals surface area contributed by atoms with Crippen LogP contribution < -0.4 is 20.8 Å². The quantitative estimate of drug-likeness (QED) is 0.156. The summed E-state index contributed by atoms with van der Waals surface area (Å²) in [6.45, 7) is 0. The molecule has 0 N–H and O–H groups in total. The molecule has 1 spiro atoms. The predicted molar refractivity (Wildman–Crippen MR) is 300 cm³/mol. The Morgan fingerprint density at radius 3 is 1.65 bits per heavy atom. The molecule has 2 aliphatic rings. The van der Waals surface area contributed by atoms with Crippen LogP contribution in [0, 0.1) is 0 Å². The fourth-order valence-corrected chi connectivity index (χ4v) is 15.8. The van der Waals surface area contributed by atoms with Crippen LogP contribution in [0.25, 0.3) is 66.1 Å². The number of hydrogen-bond acceptors (Lipinski definition) is 2. The van der Waals surface area contributed by atoms with Crippen molar-refractivity contribution in [1.29, 1.82) is 0 Å². The van der Waals surface area contributed by atoms with Crippen molar-refractivity contribution in [3.63, 3.8) is 0 Å². The fourth-order valence-electron chi connectivity index (χ4n) is 12.6. The molecule has 0 saturated carbocycles. The number of nitrogens with zero attached hydrogens (tertiary/aromatic N) is 3. The molecule has 11 aromatic carbocycles. The van der Waals surface area contributed by atoms with Crippen molar-refractivity contribution in [2.24, 2.45) is 0 Å². The summed E-state index contributed by atoms with van der Waals surface area (Å²) >= 11 is 0. The Balaban J connectivity index is 1.04. The van der Waals surface area contributed by atoms with Gasteiger partial charge in [-0.05, 0) is 106 Å². The fraction of sp³-hybridized carbons (Fsp3) is 0.0149. The van der Waals surface area contributed by atoms with Gasteiger partial charge < -0.3 is 18.6 Å². The van der Waals surface area contributed by atoms with E-state index in [0.717, 1.165) is 83.0 Å². The van der Waals surface area contributed by atoms with Gasteiger partial charge in [-0.15, -0.1) is 0 Å². The molecule has 0 radical (unpaired) electrons. The third kappa shape index (κ3) is 5.56. The molecular weight excluding hydrogens is 894 g/mol.